The lowest BCUT2D eigenvalue weighted by Gasteiger charge is -2.14. The lowest BCUT2D eigenvalue weighted by molar-refractivity contribution is 0.604. The zero-order chi connectivity index (χ0) is 14.2. The highest BCUT2D eigenvalue weighted by Gasteiger charge is 2.19. The highest BCUT2D eigenvalue weighted by Crippen LogP contribution is 2.27. The van der Waals surface area contributed by atoms with E-state index in [0.717, 1.165) is 30.9 Å². The predicted molar refractivity (Wildman–Crippen MR) is 81.2 cm³/mol. The molecule has 0 saturated carbocycles. The zero-order valence-corrected chi connectivity index (χ0v) is 12.0. The van der Waals surface area contributed by atoms with Gasteiger partial charge in [-0.25, -0.2) is 4.98 Å². The molecule has 1 N–H and O–H groups in total. The summed E-state index contributed by atoms with van der Waals surface area (Å²) in [7, 11) is 2.04. The van der Waals surface area contributed by atoms with Crippen LogP contribution in [0.4, 0.5) is 0 Å². The Hall–Kier alpha value is -2.40. The normalized spacial score (nSPS) is 14.1. The molecule has 4 rings (SSSR count). The summed E-state index contributed by atoms with van der Waals surface area (Å²) in [5.41, 5.74) is 6.05. The fourth-order valence-electron chi connectivity index (χ4n) is 2.96. The second kappa shape index (κ2) is 4.86. The molecule has 3 aromatic rings. The molecule has 5 nitrogen and oxygen atoms in total. The van der Waals surface area contributed by atoms with E-state index in [1.54, 1.807) is 6.20 Å². The quantitative estimate of drug-likeness (QED) is 0.779. The SMILES string of the molecule is Cn1nc(-c2ccc(-n3ccnc3)cc2)c2c1CCNC2. The number of nitrogens with zero attached hydrogens (tertiary/aromatic N) is 4. The highest BCUT2D eigenvalue weighted by atomic mass is 15.3. The largest absolute Gasteiger partial charge is 0.312 e. The number of nitrogens with one attached hydrogen (secondary N) is 1. The van der Waals surface area contributed by atoms with Gasteiger partial charge in [0.1, 0.15) is 0 Å². The molecule has 0 fully saturated rings. The van der Waals surface area contributed by atoms with Crippen molar-refractivity contribution in [2.45, 2.75) is 13.0 Å². The van der Waals surface area contributed by atoms with Crippen molar-refractivity contribution in [3.05, 3.63) is 54.2 Å². The van der Waals surface area contributed by atoms with Crippen LogP contribution in [0.25, 0.3) is 16.9 Å². The van der Waals surface area contributed by atoms with E-state index in [9.17, 15) is 0 Å². The lowest BCUT2D eigenvalue weighted by atomic mass is 10.0. The Morgan fingerprint density at radius 1 is 1.19 bits per heavy atom. The van der Waals surface area contributed by atoms with Gasteiger partial charge in [0.05, 0.1) is 12.0 Å². The van der Waals surface area contributed by atoms with Crippen LogP contribution >= 0.6 is 0 Å². The first-order chi connectivity index (χ1) is 10.3. The van der Waals surface area contributed by atoms with Gasteiger partial charge in [0.25, 0.3) is 0 Å². The van der Waals surface area contributed by atoms with Gasteiger partial charge in [0.15, 0.2) is 0 Å². The van der Waals surface area contributed by atoms with Crippen molar-refractivity contribution < 1.29 is 0 Å². The number of hydrogen-bond acceptors (Lipinski definition) is 3. The van der Waals surface area contributed by atoms with Crippen LogP contribution in [0.5, 0.6) is 0 Å². The van der Waals surface area contributed by atoms with E-state index >= 15 is 0 Å². The Morgan fingerprint density at radius 3 is 2.81 bits per heavy atom. The highest BCUT2D eigenvalue weighted by molar-refractivity contribution is 5.65. The molecule has 21 heavy (non-hydrogen) atoms. The standard InChI is InChI=1S/C16H17N5/c1-20-15-6-7-17-10-14(15)16(19-20)12-2-4-13(5-3-12)21-9-8-18-11-21/h2-5,8-9,11,17H,6-7,10H2,1H3. The van der Waals surface area contributed by atoms with Crippen molar-refractivity contribution in [3.63, 3.8) is 0 Å². The average Bonchev–Trinajstić information content (AvgIpc) is 3.17. The minimum atomic E-state index is 0.905. The molecule has 0 amide bonds. The summed E-state index contributed by atoms with van der Waals surface area (Å²) in [5.74, 6) is 0. The van der Waals surface area contributed by atoms with E-state index in [2.05, 4.69) is 34.6 Å². The molecule has 0 radical (unpaired) electrons. The van der Waals surface area contributed by atoms with Crippen LogP contribution in [-0.2, 0) is 20.0 Å². The average molecular weight is 279 g/mol. The first-order valence-electron chi connectivity index (χ1n) is 7.17. The molecule has 5 heteroatoms. The van der Waals surface area contributed by atoms with Gasteiger partial charge >= 0.3 is 0 Å². The maximum absolute atomic E-state index is 4.71. The van der Waals surface area contributed by atoms with E-state index < -0.39 is 0 Å². The summed E-state index contributed by atoms with van der Waals surface area (Å²) in [6.45, 7) is 1.94. The number of aryl methyl sites for hydroxylation is 1. The number of hydrogen-bond donors (Lipinski definition) is 1. The van der Waals surface area contributed by atoms with Gasteiger partial charge in [-0.15, -0.1) is 0 Å². The predicted octanol–water partition coefficient (Wildman–Crippen LogP) is 1.92. The van der Waals surface area contributed by atoms with E-state index in [1.807, 2.05) is 28.8 Å². The summed E-state index contributed by atoms with van der Waals surface area (Å²) in [6.07, 6.45) is 6.59. The zero-order valence-electron chi connectivity index (χ0n) is 12.0. The summed E-state index contributed by atoms with van der Waals surface area (Å²) in [5, 5.41) is 8.14. The molecule has 0 bridgehead atoms. The van der Waals surface area contributed by atoms with Gasteiger partial charge < -0.3 is 9.88 Å². The molecule has 106 valence electrons. The van der Waals surface area contributed by atoms with Gasteiger partial charge in [-0.1, -0.05) is 12.1 Å². The molecule has 1 aliphatic heterocycles. The van der Waals surface area contributed by atoms with E-state index in [-0.39, 0.29) is 0 Å². The Labute approximate surface area is 123 Å². The number of rotatable bonds is 2. The fraction of sp³-hybridized carbons (Fsp3) is 0.250. The smallest absolute Gasteiger partial charge is 0.0991 e. The van der Waals surface area contributed by atoms with E-state index in [0.29, 0.717) is 0 Å². The van der Waals surface area contributed by atoms with E-state index in [1.165, 1.54) is 16.8 Å². The Bertz CT molecular complexity index is 753. The fourth-order valence-corrected chi connectivity index (χ4v) is 2.96. The Morgan fingerprint density at radius 2 is 2.05 bits per heavy atom. The monoisotopic (exact) mass is 279 g/mol. The first-order valence-corrected chi connectivity index (χ1v) is 7.17. The van der Waals surface area contributed by atoms with Crippen molar-refractivity contribution in [3.8, 4) is 16.9 Å². The third-order valence-corrected chi connectivity index (χ3v) is 4.06. The molecule has 0 unspecified atom stereocenters. The van der Waals surface area contributed by atoms with Crippen LogP contribution in [0, 0.1) is 0 Å². The van der Waals surface area contributed by atoms with Gasteiger partial charge in [-0.2, -0.15) is 5.10 Å². The number of fused-ring (bicyclic) bond motifs is 1. The molecule has 3 heterocycles. The molecule has 0 spiro atoms. The van der Waals surface area contributed by atoms with E-state index in [4.69, 9.17) is 5.10 Å². The molecule has 0 aliphatic carbocycles. The van der Waals surface area contributed by atoms with Crippen molar-refractivity contribution in [2.75, 3.05) is 6.54 Å². The van der Waals surface area contributed by atoms with Gasteiger partial charge in [-0.05, 0) is 12.1 Å². The minimum absolute atomic E-state index is 0.905. The van der Waals surface area contributed by atoms with Gasteiger partial charge in [-0.3, -0.25) is 4.68 Å². The van der Waals surface area contributed by atoms with Gasteiger partial charge in [0.2, 0.25) is 0 Å². The maximum Gasteiger partial charge on any atom is 0.0991 e. The second-order valence-electron chi connectivity index (χ2n) is 5.34. The third-order valence-electron chi connectivity index (χ3n) is 4.06. The Kier molecular flexibility index (Phi) is 2.86. The van der Waals surface area contributed by atoms with Crippen LogP contribution in [0.15, 0.2) is 43.0 Å². The third kappa shape index (κ3) is 2.06. The van der Waals surface area contributed by atoms with Crippen molar-refractivity contribution >= 4 is 0 Å². The summed E-state index contributed by atoms with van der Waals surface area (Å²) in [6, 6.07) is 8.47. The van der Waals surface area contributed by atoms with Crippen LogP contribution < -0.4 is 5.32 Å². The summed E-state index contributed by atoms with van der Waals surface area (Å²) in [4.78, 5) is 4.08. The van der Waals surface area contributed by atoms with Crippen molar-refractivity contribution in [2.24, 2.45) is 7.05 Å². The van der Waals surface area contributed by atoms with Crippen LogP contribution in [0.3, 0.4) is 0 Å². The Balaban J connectivity index is 1.74. The maximum atomic E-state index is 4.71. The van der Waals surface area contributed by atoms with Crippen LogP contribution in [0.2, 0.25) is 0 Å². The second-order valence-corrected chi connectivity index (χ2v) is 5.34. The summed E-state index contributed by atoms with van der Waals surface area (Å²) < 4.78 is 4.02. The van der Waals surface area contributed by atoms with Crippen LogP contribution in [-0.4, -0.2) is 25.9 Å². The minimum Gasteiger partial charge on any atom is -0.312 e. The molecule has 1 aliphatic rings. The van der Waals surface area contributed by atoms with Gasteiger partial charge in [0, 0.05) is 61.5 Å². The molecule has 0 atom stereocenters. The molecule has 1 aromatic carbocycles. The summed E-state index contributed by atoms with van der Waals surface area (Å²) >= 11 is 0. The number of aromatic nitrogens is 4. The first kappa shape index (κ1) is 12.3. The molecule has 2 aromatic heterocycles. The topological polar surface area (TPSA) is 47.7 Å². The molecule has 0 saturated heterocycles. The number of imidazole rings is 1. The molecular formula is C16H17N5. The lowest BCUT2D eigenvalue weighted by Crippen LogP contribution is -2.24. The van der Waals surface area contributed by atoms with Crippen molar-refractivity contribution in [1.82, 2.24) is 24.6 Å². The van der Waals surface area contributed by atoms with Crippen molar-refractivity contribution in [1.29, 1.82) is 0 Å². The molecular weight excluding hydrogens is 262 g/mol. The van der Waals surface area contributed by atoms with Crippen LogP contribution in [0.1, 0.15) is 11.3 Å². The number of benzene rings is 1.